The molecule has 178 valence electrons. The number of para-hydroxylation sites is 1. The molecule has 0 N–H and O–H groups in total. The standard InChI is InChI=1S/C27H21Cl2NO5/c1-27(2)19(12-11-18-24(31)22(28)23(29)25(18)32)21(27)26(33)35-20(14-30)15-7-6-10-17(13-15)34-16-8-4-3-5-9-16/h3-13,18-21H,1-2H3/b12-11+. The first-order valence-electron chi connectivity index (χ1n) is 10.9. The predicted octanol–water partition coefficient (Wildman–Crippen LogP) is 5.87. The average Bonchev–Trinajstić information content (AvgIpc) is 3.35. The number of nitriles is 1. The van der Waals surface area contributed by atoms with Gasteiger partial charge in [0.05, 0.1) is 5.92 Å². The molecule has 2 aromatic carbocycles. The van der Waals surface area contributed by atoms with E-state index in [0.29, 0.717) is 17.1 Å². The number of carbonyl (C=O) groups is 3. The number of nitrogens with zero attached hydrogens (tertiary/aromatic N) is 1. The summed E-state index contributed by atoms with van der Waals surface area (Å²) in [6, 6.07) is 18.0. The van der Waals surface area contributed by atoms with E-state index in [1.807, 2.05) is 50.2 Å². The number of allylic oxidation sites excluding steroid dienone is 4. The van der Waals surface area contributed by atoms with E-state index < -0.39 is 40.9 Å². The lowest BCUT2D eigenvalue weighted by Crippen LogP contribution is -2.15. The molecule has 35 heavy (non-hydrogen) atoms. The van der Waals surface area contributed by atoms with Crippen molar-refractivity contribution in [3.63, 3.8) is 0 Å². The first kappa shape index (κ1) is 24.7. The summed E-state index contributed by atoms with van der Waals surface area (Å²) >= 11 is 11.6. The van der Waals surface area contributed by atoms with Crippen LogP contribution in [0, 0.1) is 34.5 Å². The summed E-state index contributed by atoms with van der Waals surface area (Å²) in [5, 5.41) is 9.13. The highest BCUT2D eigenvalue weighted by Crippen LogP contribution is 2.60. The van der Waals surface area contributed by atoms with Crippen LogP contribution >= 0.6 is 23.2 Å². The van der Waals surface area contributed by atoms with Crippen molar-refractivity contribution in [3.05, 3.63) is 82.4 Å². The fraction of sp³-hybridized carbons (Fsp3) is 0.259. The van der Waals surface area contributed by atoms with Gasteiger partial charge in [0.2, 0.25) is 6.10 Å². The second-order valence-electron chi connectivity index (χ2n) is 8.98. The molecule has 0 amide bonds. The highest BCUT2D eigenvalue weighted by Gasteiger charge is 2.61. The van der Waals surface area contributed by atoms with Crippen LogP contribution in [-0.2, 0) is 19.1 Å². The van der Waals surface area contributed by atoms with Crippen molar-refractivity contribution in [1.29, 1.82) is 5.26 Å². The summed E-state index contributed by atoms with van der Waals surface area (Å²) in [6.45, 7) is 3.75. The number of benzene rings is 2. The third kappa shape index (κ3) is 4.88. The number of ketones is 2. The summed E-state index contributed by atoms with van der Waals surface area (Å²) in [4.78, 5) is 37.2. The molecule has 3 unspecified atom stereocenters. The molecule has 0 saturated heterocycles. The van der Waals surface area contributed by atoms with Crippen molar-refractivity contribution < 1.29 is 23.9 Å². The van der Waals surface area contributed by atoms with Crippen LogP contribution in [0.4, 0.5) is 0 Å². The smallest absolute Gasteiger partial charge is 0.311 e. The van der Waals surface area contributed by atoms with Gasteiger partial charge in [-0.3, -0.25) is 14.4 Å². The molecule has 0 heterocycles. The van der Waals surface area contributed by atoms with Crippen LogP contribution in [0.25, 0.3) is 0 Å². The second kappa shape index (κ2) is 9.69. The third-order valence-electron chi connectivity index (χ3n) is 6.36. The van der Waals surface area contributed by atoms with E-state index in [1.54, 1.807) is 30.3 Å². The Kier molecular flexibility index (Phi) is 6.84. The fourth-order valence-electron chi connectivity index (χ4n) is 4.23. The molecule has 1 saturated carbocycles. The van der Waals surface area contributed by atoms with E-state index in [2.05, 4.69) is 0 Å². The quantitative estimate of drug-likeness (QED) is 0.263. The van der Waals surface area contributed by atoms with Crippen molar-refractivity contribution >= 4 is 40.7 Å². The van der Waals surface area contributed by atoms with Crippen molar-refractivity contribution in [3.8, 4) is 17.6 Å². The molecular weight excluding hydrogens is 489 g/mol. The number of hydrogen-bond donors (Lipinski definition) is 0. The molecule has 0 radical (unpaired) electrons. The molecule has 3 atom stereocenters. The van der Waals surface area contributed by atoms with Crippen LogP contribution in [0.2, 0.25) is 0 Å². The lowest BCUT2D eigenvalue weighted by Gasteiger charge is -2.13. The highest BCUT2D eigenvalue weighted by atomic mass is 35.5. The molecule has 8 heteroatoms. The van der Waals surface area contributed by atoms with Crippen LogP contribution in [0.3, 0.4) is 0 Å². The van der Waals surface area contributed by atoms with Crippen LogP contribution in [-0.4, -0.2) is 17.5 Å². The van der Waals surface area contributed by atoms with Crippen molar-refractivity contribution in [2.75, 3.05) is 0 Å². The molecule has 1 fully saturated rings. The zero-order valence-corrected chi connectivity index (χ0v) is 20.4. The first-order valence-corrected chi connectivity index (χ1v) is 11.7. The van der Waals surface area contributed by atoms with Gasteiger partial charge in [-0.05, 0) is 35.6 Å². The maximum atomic E-state index is 13.0. The third-order valence-corrected chi connectivity index (χ3v) is 7.20. The Morgan fingerprint density at radius 1 is 1.00 bits per heavy atom. The Hall–Kier alpha value is -3.40. The minimum absolute atomic E-state index is 0.271. The summed E-state index contributed by atoms with van der Waals surface area (Å²) < 4.78 is 11.4. The summed E-state index contributed by atoms with van der Waals surface area (Å²) in [5.41, 5.74) is 0.00902. The molecule has 2 aromatic rings. The zero-order valence-electron chi connectivity index (χ0n) is 18.9. The van der Waals surface area contributed by atoms with Gasteiger partial charge in [0.15, 0.2) is 11.6 Å². The molecule has 0 aliphatic heterocycles. The summed E-state index contributed by atoms with van der Waals surface area (Å²) in [7, 11) is 0. The SMILES string of the molecule is CC1(C)C(/C=C/C2C(=O)C(Cl)=C(Cl)C2=O)C1C(=O)OC(C#N)c1cccc(Oc2ccccc2)c1. The first-order chi connectivity index (χ1) is 16.6. The van der Waals surface area contributed by atoms with E-state index in [9.17, 15) is 19.6 Å². The summed E-state index contributed by atoms with van der Waals surface area (Å²) in [5.74, 6) is -2.40. The molecule has 0 bridgehead atoms. The number of esters is 1. The summed E-state index contributed by atoms with van der Waals surface area (Å²) in [6.07, 6.45) is 1.97. The Balaban J connectivity index is 1.43. The van der Waals surface area contributed by atoms with Crippen LogP contribution < -0.4 is 4.74 Å². The molecular formula is C27H21Cl2NO5. The van der Waals surface area contributed by atoms with E-state index in [4.69, 9.17) is 32.7 Å². The number of halogens is 2. The maximum absolute atomic E-state index is 13.0. The number of rotatable bonds is 7. The van der Waals surface area contributed by atoms with Gasteiger partial charge < -0.3 is 9.47 Å². The minimum Gasteiger partial charge on any atom is -0.457 e. The van der Waals surface area contributed by atoms with Crippen molar-refractivity contribution in [2.45, 2.75) is 20.0 Å². The van der Waals surface area contributed by atoms with Gasteiger partial charge in [-0.1, -0.05) is 79.5 Å². The van der Waals surface area contributed by atoms with E-state index in [0.717, 1.165) is 0 Å². The largest absolute Gasteiger partial charge is 0.457 e. The monoisotopic (exact) mass is 509 g/mol. The molecule has 0 spiro atoms. The van der Waals surface area contributed by atoms with E-state index in [1.165, 1.54) is 6.08 Å². The molecule has 2 aliphatic rings. The van der Waals surface area contributed by atoms with Crippen LogP contribution in [0.15, 0.2) is 76.8 Å². The number of ether oxygens (including phenoxy) is 2. The molecule has 6 nitrogen and oxygen atoms in total. The normalized spacial score (nSPS) is 22.3. The molecule has 0 aromatic heterocycles. The van der Waals surface area contributed by atoms with Crippen LogP contribution in [0.1, 0.15) is 25.5 Å². The average molecular weight is 510 g/mol. The van der Waals surface area contributed by atoms with Gasteiger partial charge in [-0.15, -0.1) is 0 Å². The lowest BCUT2D eigenvalue weighted by molar-refractivity contribution is -0.149. The second-order valence-corrected chi connectivity index (χ2v) is 9.73. The molecule has 2 aliphatic carbocycles. The minimum atomic E-state index is -1.12. The van der Waals surface area contributed by atoms with Gasteiger partial charge in [0, 0.05) is 5.56 Å². The van der Waals surface area contributed by atoms with Crippen molar-refractivity contribution in [1.82, 2.24) is 0 Å². The van der Waals surface area contributed by atoms with Crippen LogP contribution in [0.5, 0.6) is 11.5 Å². The number of hydrogen-bond acceptors (Lipinski definition) is 6. The lowest BCUT2D eigenvalue weighted by atomic mass is 10.0. The Morgan fingerprint density at radius 2 is 1.63 bits per heavy atom. The van der Waals surface area contributed by atoms with Crippen molar-refractivity contribution in [2.24, 2.45) is 23.2 Å². The Labute approximate surface area is 212 Å². The fourth-order valence-corrected chi connectivity index (χ4v) is 4.65. The Morgan fingerprint density at radius 3 is 2.26 bits per heavy atom. The number of carbonyl (C=O) groups excluding carboxylic acids is 3. The predicted molar refractivity (Wildman–Crippen MR) is 130 cm³/mol. The zero-order chi connectivity index (χ0) is 25.3. The maximum Gasteiger partial charge on any atom is 0.311 e. The van der Waals surface area contributed by atoms with Gasteiger partial charge in [0.1, 0.15) is 33.6 Å². The van der Waals surface area contributed by atoms with E-state index in [-0.39, 0.29) is 16.0 Å². The number of Topliss-reactive ketones (excluding diaryl/α,β-unsaturated/α-hetero) is 2. The highest BCUT2D eigenvalue weighted by molar-refractivity contribution is 6.60. The van der Waals surface area contributed by atoms with Gasteiger partial charge in [-0.2, -0.15) is 5.26 Å². The van der Waals surface area contributed by atoms with Gasteiger partial charge in [-0.25, -0.2) is 0 Å². The van der Waals surface area contributed by atoms with Gasteiger partial charge in [0.25, 0.3) is 0 Å². The van der Waals surface area contributed by atoms with E-state index >= 15 is 0 Å². The Bertz CT molecular complexity index is 1270. The topological polar surface area (TPSA) is 93.5 Å². The van der Waals surface area contributed by atoms with Gasteiger partial charge >= 0.3 is 5.97 Å². The molecule has 4 rings (SSSR count).